The molecule has 0 unspecified atom stereocenters. The molecule has 2 aromatic carbocycles. The molecule has 2 fully saturated rings. The Bertz CT molecular complexity index is 1390. The Morgan fingerprint density at radius 1 is 0.864 bits per heavy atom. The second-order valence-electron chi connectivity index (χ2n) is 12.7. The fourth-order valence-corrected chi connectivity index (χ4v) is 4.12. The van der Waals surface area contributed by atoms with E-state index in [0.717, 1.165) is 4.90 Å². The average Bonchev–Trinajstić information content (AvgIpc) is 3.81. The van der Waals surface area contributed by atoms with Crippen LogP contribution in [0.3, 0.4) is 0 Å². The van der Waals surface area contributed by atoms with Crippen molar-refractivity contribution in [3.63, 3.8) is 0 Å². The normalized spacial score (nSPS) is 16.2. The van der Waals surface area contributed by atoms with Crippen LogP contribution in [0.4, 0.5) is 38.5 Å². The van der Waals surface area contributed by atoms with E-state index in [9.17, 15) is 32.3 Å². The predicted octanol–water partition coefficient (Wildman–Crippen LogP) is 9.35. The van der Waals surface area contributed by atoms with Crippen molar-refractivity contribution in [3.8, 4) is 11.5 Å². The SMILES string of the molecule is CC(C)(C)N(C(=O)O)c1ccc(OCC2(F)CC2)c(Cl)c1F.CC(C)(C)OC(=O)Nc1ccc(OCC2(F)CC2)c(Cl)c1F. The summed E-state index contributed by atoms with van der Waals surface area (Å²) in [4.78, 5) is 23.9. The number of hydrogen-bond donors (Lipinski definition) is 2. The van der Waals surface area contributed by atoms with Crippen LogP contribution in [-0.2, 0) is 4.74 Å². The first-order valence-electron chi connectivity index (χ1n) is 13.8. The lowest BCUT2D eigenvalue weighted by molar-refractivity contribution is 0.0635. The maximum Gasteiger partial charge on any atom is 0.412 e. The summed E-state index contributed by atoms with van der Waals surface area (Å²) in [6.45, 7) is 9.64. The molecule has 0 radical (unpaired) electrons. The number of nitrogens with zero attached hydrogens (tertiary/aromatic N) is 1. The molecule has 14 heteroatoms. The molecule has 0 saturated heterocycles. The van der Waals surface area contributed by atoms with Crippen molar-refractivity contribution in [3.05, 3.63) is 45.9 Å². The van der Waals surface area contributed by atoms with E-state index in [1.165, 1.54) is 24.3 Å². The summed E-state index contributed by atoms with van der Waals surface area (Å²) in [5.74, 6) is -1.71. The Hall–Kier alpha value is -3.12. The molecule has 44 heavy (non-hydrogen) atoms. The number of carboxylic acid groups (broad SMARTS) is 1. The number of ether oxygens (including phenoxy) is 3. The number of halogens is 6. The van der Waals surface area contributed by atoms with E-state index in [0.29, 0.717) is 25.7 Å². The molecule has 0 bridgehead atoms. The van der Waals surface area contributed by atoms with Gasteiger partial charge >= 0.3 is 12.2 Å². The molecule has 244 valence electrons. The number of anilines is 2. The molecule has 0 spiro atoms. The van der Waals surface area contributed by atoms with Crippen molar-refractivity contribution in [2.24, 2.45) is 0 Å². The zero-order valence-corrected chi connectivity index (χ0v) is 26.8. The van der Waals surface area contributed by atoms with Gasteiger partial charge in [0.15, 0.2) is 11.6 Å². The van der Waals surface area contributed by atoms with Crippen molar-refractivity contribution in [1.82, 2.24) is 0 Å². The number of nitrogens with one attached hydrogen (secondary N) is 1. The molecule has 2 aliphatic rings. The number of carbonyl (C=O) groups is 2. The Kier molecular flexibility index (Phi) is 10.5. The van der Waals surface area contributed by atoms with Crippen molar-refractivity contribution >= 4 is 46.8 Å². The number of benzene rings is 2. The van der Waals surface area contributed by atoms with Crippen LogP contribution in [0.5, 0.6) is 11.5 Å². The quantitative estimate of drug-likeness (QED) is 0.273. The third-order valence-electron chi connectivity index (χ3n) is 6.37. The first-order chi connectivity index (χ1) is 20.1. The van der Waals surface area contributed by atoms with E-state index in [1.807, 2.05) is 0 Å². The van der Waals surface area contributed by atoms with Crippen molar-refractivity contribution in [2.75, 3.05) is 23.4 Å². The summed E-state index contributed by atoms with van der Waals surface area (Å²) in [6, 6.07) is 5.30. The summed E-state index contributed by atoms with van der Waals surface area (Å²) in [5, 5.41) is 10.9. The fraction of sp³-hybridized carbons (Fsp3) is 0.533. The van der Waals surface area contributed by atoms with E-state index < -0.39 is 46.3 Å². The van der Waals surface area contributed by atoms with Gasteiger partial charge in [0.05, 0.1) is 11.4 Å². The van der Waals surface area contributed by atoms with Crippen molar-refractivity contribution in [2.45, 2.75) is 89.7 Å². The highest BCUT2D eigenvalue weighted by Gasteiger charge is 2.45. The van der Waals surface area contributed by atoms with Crippen LogP contribution in [-0.4, -0.2) is 53.0 Å². The van der Waals surface area contributed by atoms with E-state index in [1.54, 1.807) is 41.5 Å². The van der Waals surface area contributed by atoms with Crippen LogP contribution >= 0.6 is 23.2 Å². The van der Waals surface area contributed by atoms with E-state index in [2.05, 4.69) is 5.32 Å². The van der Waals surface area contributed by atoms with Gasteiger partial charge in [0.1, 0.15) is 51.7 Å². The Balaban J connectivity index is 0.000000240. The monoisotopic (exact) mass is 666 g/mol. The van der Waals surface area contributed by atoms with Gasteiger partial charge in [0.2, 0.25) is 0 Å². The highest BCUT2D eigenvalue weighted by atomic mass is 35.5. The molecule has 4 rings (SSSR count). The maximum atomic E-state index is 14.4. The smallest absolute Gasteiger partial charge is 0.412 e. The first kappa shape index (κ1) is 35.4. The maximum absolute atomic E-state index is 14.4. The van der Waals surface area contributed by atoms with Gasteiger partial charge in [-0.05, 0) is 91.5 Å². The van der Waals surface area contributed by atoms with Gasteiger partial charge in [-0.15, -0.1) is 0 Å². The largest absolute Gasteiger partial charge is 0.489 e. The van der Waals surface area contributed by atoms with E-state index >= 15 is 0 Å². The van der Waals surface area contributed by atoms with Crippen LogP contribution in [0.15, 0.2) is 24.3 Å². The van der Waals surface area contributed by atoms with Crippen LogP contribution in [0, 0.1) is 11.6 Å². The summed E-state index contributed by atoms with van der Waals surface area (Å²) >= 11 is 11.8. The van der Waals surface area contributed by atoms with Gasteiger partial charge < -0.3 is 19.3 Å². The van der Waals surface area contributed by atoms with Crippen LogP contribution in [0.25, 0.3) is 0 Å². The summed E-state index contributed by atoms with van der Waals surface area (Å²) in [6.07, 6.45) is -0.380. The molecule has 2 aliphatic carbocycles. The van der Waals surface area contributed by atoms with Crippen LogP contribution in [0.2, 0.25) is 10.0 Å². The molecule has 8 nitrogen and oxygen atoms in total. The highest BCUT2D eigenvalue weighted by Crippen LogP contribution is 2.43. The minimum absolute atomic E-state index is 0.00564. The van der Waals surface area contributed by atoms with Gasteiger partial charge in [-0.2, -0.15) is 0 Å². The zero-order chi connectivity index (χ0) is 33.3. The van der Waals surface area contributed by atoms with Gasteiger partial charge in [-0.25, -0.2) is 27.2 Å². The highest BCUT2D eigenvalue weighted by molar-refractivity contribution is 6.33. The molecule has 2 saturated carbocycles. The summed E-state index contributed by atoms with van der Waals surface area (Å²) in [5.41, 5.74) is -4.53. The van der Waals surface area contributed by atoms with Gasteiger partial charge in [0.25, 0.3) is 0 Å². The number of hydrogen-bond acceptors (Lipinski definition) is 5. The average molecular weight is 668 g/mol. The standard InChI is InChI=1S/2C15H18ClF2NO3/c1-14(2,3)22-13(20)19-9-4-5-10(11(16)12(9)17)21-8-15(18)6-7-15;1-14(2,3)19(13(20)21)9-4-5-10(11(16)12(9)17)22-8-15(18)6-7-15/h4-5H,6-8H2,1-3H3,(H,19,20);4-5H,6-8H2,1-3H3,(H,20,21). The minimum atomic E-state index is -1.35. The number of carbonyl (C=O) groups excluding carboxylic acids is 1. The molecule has 0 aromatic heterocycles. The second kappa shape index (κ2) is 13.1. The molecular formula is C30H36Cl2F4N2O6. The Morgan fingerprint density at radius 2 is 1.32 bits per heavy atom. The van der Waals surface area contributed by atoms with Gasteiger partial charge in [0, 0.05) is 5.54 Å². The van der Waals surface area contributed by atoms with E-state index in [-0.39, 0.29) is 46.1 Å². The van der Waals surface area contributed by atoms with Gasteiger partial charge in [-0.1, -0.05) is 23.2 Å². The third kappa shape index (κ3) is 9.69. The zero-order valence-electron chi connectivity index (χ0n) is 25.3. The lowest BCUT2D eigenvalue weighted by atomic mass is 10.1. The predicted molar refractivity (Wildman–Crippen MR) is 160 cm³/mol. The molecule has 0 aliphatic heterocycles. The minimum Gasteiger partial charge on any atom is -0.489 e. The second-order valence-corrected chi connectivity index (χ2v) is 13.5. The summed E-state index contributed by atoms with van der Waals surface area (Å²) < 4.78 is 71.0. The number of alkyl halides is 2. The van der Waals surface area contributed by atoms with Crippen LogP contribution in [0.1, 0.15) is 67.2 Å². The molecule has 0 heterocycles. The topological polar surface area (TPSA) is 97.3 Å². The van der Waals surface area contributed by atoms with Gasteiger partial charge in [-0.3, -0.25) is 10.2 Å². The van der Waals surface area contributed by atoms with E-state index in [4.69, 9.17) is 37.4 Å². The lowest BCUT2D eigenvalue weighted by Crippen LogP contribution is -2.45. The fourth-order valence-electron chi connectivity index (χ4n) is 3.68. The Morgan fingerprint density at radius 3 is 1.73 bits per heavy atom. The molecular weight excluding hydrogens is 631 g/mol. The number of amides is 2. The first-order valence-corrected chi connectivity index (χ1v) is 14.5. The lowest BCUT2D eigenvalue weighted by Gasteiger charge is -2.33. The molecule has 2 N–H and O–H groups in total. The van der Waals surface area contributed by atoms with Crippen molar-refractivity contribution < 1.29 is 46.5 Å². The Labute approximate surface area is 263 Å². The third-order valence-corrected chi connectivity index (χ3v) is 7.07. The summed E-state index contributed by atoms with van der Waals surface area (Å²) in [7, 11) is 0. The molecule has 0 atom stereocenters. The number of rotatable bonds is 8. The van der Waals surface area contributed by atoms with Crippen molar-refractivity contribution in [1.29, 1.82) is 0 Å². The van der Waals surface area contributed by atoms with Crippen LogP contribution < -0.4 is 19.7 Å². The molecule has 2 aromatic rings. The molecule has 2 amide bonds.